The van der Waals surface area contributed by atoms with E-state index in [4.69, 9.17) is 4.74 Å². The maximum Gasteiger partial charge on any atom is 0.260 e. The SMILES string of the molecule is CNCC1CCCN1C(=O)COc1ccc(C(C)(C)C)cc1.Cl. The highest BCUT2D eigenvalue weighted by molar-refractivity contribution is 5.85. The number of nitrogens with zero attached hydrogens (tertiary/aromatic N) is 1. The first kappa shape index (κ1) is 19.8. The summed E-state index contributed by atoms with van der Waals surface area (Å²) in [6.45, 7) is 8.36. The zero-order valence-electron chi connectivity index (χ0n) is 14.6. The van der Waals surface area contributed by atoms with Crippen molar-refractivity contribution in [3.63, 3.8) is 0 Å². The van der Waals surface area contributed by atoms with Crippen molar-refractivity contribution in [2.45, 2.75) is 45.1 Å². The molecule has 1 unspecified atom stereocenters. The van der Waals surface area contributed by atoms with E-state index >= 15 is 0 Å². The highest BCUT2D eigenvalue weighted by Gasteiger charge is 2.28. The number of hydrogen-bond acceptors (Lipinski definition) is 3. The molecule has 130 valence electrons. The molecule has 1 aromatic carbocycles. The normalized spacial score (nSPS) is 17.7. The van der Waals surface area contributed by atoms with Crippen LogP contribution in [-0.4, -0.2) is 43.6 Å². The number of nitrogens with one attached hydrogen (secondary N) is 1. The van der Waals surface area contributed by atoms with Crippen molar-refractivity contribution < 1.29 is 9.53 Å². The summed E-state index contributed by atoms with van der Waals surface area (Å²) >= 11 is 0. The van der Waals surface area contributed by atoms with E-state index in [0.717, 1.165) is 31.7 Å². The Hall–Kier alpha value is -1.26. The Morgan fingerprint density at radius 1 is 1.30 bits per heavy atom. The molecule has 1 aromatic rings. The highest BCUT2D eigenvalue weighted by Crippen LogP contribution is 2.24. The zero-order valence-corrected chi connectivity index (χ0v) is 15.4. The van der Waals surface area contributed by atoms with E-state index in [9.17, 15) is 4.79 Å². The molecule has 5 heteroatoms. The number of rotatable bonds is 5. The van der Waals surface area contributed by atoms with Crippen LogP contribution in [-0.2, 0) is 10.2 Å². The molecule has 23 heavy (non-hydrogen) atoms. The lowest BCUT2D eigenvalue weighted by molar-refractivity contribution is -0.134. The van der Waals surface area contributed by atoms with Crippen molar-refractivity contribution in [3.8, 4) is 5.75 Å². The van der Waals surface area contributed by atoms with Gasteiger partial charge in [0.2, 0.25) is 0 Å². The molecule has 4 nitrogen and oxygen atoms in total. The number of amides is 1. The number of hydrogen-bond donors (Lipinski definition) is 1. The van der Waals surface area contributed by atoms with Gasteiger partial charge in [0, 0.05) is 19.1 Å². The largest absolute Gasteiger partial charge is 0.484 e. The van der Waals surface area contributed by atoms with Gasteiger partial charge in [-0.25, -0.2) is 0 Å². The van der Waals surface area contributed by atoms with E-state index in [1.54, 1.807) is 0 Å². The van der Waals surface area contributed by atoms with Gasteiger partial charge in [0.05, 0.1) is 0 Å². The van der Waals surface area contributed by atoms with Crippen molar-refractivity contribution in [1.29, 1.82) is 0 Å². The Morgan fingerprint density at radius 2 is 1.96 bits per heavy atom. The van der Waals surface area contributed by atoms with Crippen molar-refractivity contribution in [2.75, 3.05) is 26.7 Å². The van der Waals surface area contributed by atoms with Crippen molar-refractivity contribution >= 4 is 18.3 Å². The molecule has 0 bridgehead atoms. The summed E-state index contributed by atoms with van der Waals surface area (Å²) < 4.78 is 5.66. The Balaban J connectivity index is 0.00000264. The second kappa shape index (κ2) is 8.55. The third kappa shape index (κ3) is 5.40. The average Bonchev–Trinajstić information content (AvgIpc) is 2.93. The number of likely N-dealkylation sites (N-methyl/N-ethyl adjacent to an activating group) is 1. The van der Waals surface area contributed by atoms with Gasteiger partial charge in [-0.05, 0) is 43.0 Å². The van der Waals surface area contributed by atoms with Gasteiger partial charge < -0.3 is 15.0 Å². The molecule has 0 aromatic heterocycles. The summed E-state index contributed by atoms with van der Waals surface area (Å²) in [5, 5.41) is 3.15. The van der Waals surface area contributed by atoms with E-state index in [1.165, 1.54) is 5.56 Å². The number of ether oxygens (including phenoxy) is 1. The second-order valence-electron chi connectivity index (χ2n) is 7.00. The van der Waals surface area contributed by atoms with Crippen LogP contribution in [0.4, 0.5) is 0 Å². The lowest BCUT2D eigenvalue weighted by Gasteiger charge is -2.24. The molecule has 1 heterocycles. The fourth-order valence-electron chi connectivity index (χ4n) is 2.89. The van der Waals surface area contributed by atoms with Crippen LogP contribution in [0.15, 0.2) is 24.3 Å². The van der Waals surface area contributed by atoms with Crippen LogP contribution in [0.5, 0.6) is 5.75 Å². The van der Waals surface area contributed by atoms with Crippen LogP contribution in [0.3, 0.4) is 0 Å². The predicted molar refractivity (Wildman–Crippen MR) is 96.5 cm³/mol. The van der Waals surface area contributed by atoms with Gasteiger partial charge in [0.15, 0.2) is 6.61 Å². The second-order valence-corrected chi connectivity index (χ2v) is 7.00. The lowest BCUT2D eigenvalue weighted by Crippen LogP contribution is -2.43. The standard InChI is InChI=1S/C18H28N2O2.ClH/c1-18(2,3)14-7-9-16(10-8-14)22-13-17(21)20-11-5-6-15(20)12-19-4;/h7-10,15,19H,5-6,11-13H2,1-4H3;1H. The Labute approximate surface area is 146 Å². The summed E-state index contributed by atoms with van der Waals surface area (Å²) in [5.74, 6) is 0.836. The first-order valence-corrected chi connectivity index (χ1v) is 8.09. The van der Waals surface area contributed by atoms with Crippen LogP contribution >= 0.6 is 12.4 Å². The maximum absolute atomic E-state index is 12.3. The fourth-order valence-corrected chi connectivity index (χ4v) is 2.89. The monoisotopic (exact) mass is 340 g/mol. The Kier molecular flexibility index (Phi) is 7.36. The van der Waals surface area contributed by atoms with Gasteiger partial charge >= 0.3 is 0 Å². The quantitative estimate of drug-likeness (QED) is 0.896. The third-order valence-electron chi connectivity index (χ3n) is 4.22. The minimum atomic E-state index is 0. The molecule has 1 saturated heterocycles. The smallest absolute Gasteiger partial charge is 0.260 e. The summed E-state index contributed by atoms with van der Waals surface area (Å²) in [4.78, 5) is 14.2. The van der Waals surface area contributed by atoms with Gasteiger partial charge in [0.1, 0.15) is 5.75 Å². The number of carbonyl (C=O) groups is 1. The summed E-state index contributed by atoms with van der Waals surface area (Å²) in [7, 11) is 1.92. The van der Waals surface area contributed by atoms with E-state index in [1.807, 2.05) is 24.1 Å². The van der Waals surface area contributed by atoms with Crippen molar-refractivity contribution in [1.82, 2.24) is 10.2 Å². The summed E-state index contributed by atoms with van der Waals surface area (Å²) in [5.41, 5.74) is 1.39. The zero-order chi connectivity index (χ0) is 16.2. The van der Waals surface area contributed by atoms with E-state index in [-0.39, 0.29) is 30.3 Å². The number of likely N-dealkylation sites (tertiary alicyclic amines) is 1. The van der Waals surface area contributed by atoms with Crippen LogP contribution in [0.2, 0.25) is 0 Å². The van der Waals surface area contributed by atoms with Gasteiger partial charge in [-0.2, -0.15) is 0 Å². The van der Waals surface area contributed by atoms with E-state index in [0.29, 0.717) is 6.04 Å². The van der Waals surface area contributed by atoms with Crippen LogP contribution in [0.1, 0.15) is 39.2 Å². The van der Waals surface area contributed by atoms with Crippen LogP contribution in [0, 0.1) is 0 Å². The summed E-state index contributed by atoms with van der Waals surface area (Å²) in [6.07, 6.45) is 2.16. The minimum absolute atomic E-state index is 0. The molecule has 2 rings (SSSR count). The average molecular weight is 341 g/mol. The van der Waals surface area contributed by atoms with Gasteiger partial charge in [-0.3, -0.25) is 4.79 Å². The summed E-state index contributed by atoms with van der Waals surface area (Å²) in [6, 6.07) is 8.34. The first-order chi connectivity index (χ1) is 10.4. The molecule has 1 atom stereocenters. The molecule has 0 saturated carbocycles. The highest BCUT2D eigenvalue weighted by atomic mass is 35.5. The van der Waals surface area contributed by atoms with Gasteiger partial charge in [0.25, 0.3) is 5.91 Å². The Bertz CT molecular complexity index is 497. The van der Waals surface area contributed by atoms with Gasteiger partial charge in [-0.1, -0.05) is 32.9 Å². The number of benzene rings is 1. The van der Waals surface area contributed by atoms with Crippen LogP contribution < -0.4 is 10.1 Å². The lowest BCUT2D eigenvalue weighted by atomic mass is 9.87. The molecule has 0 radical (unpaired) electrons. The molecular formula is C18H29ClN2O2. The fraction of sp³-hybridized carbons (Fsp3) is 0.611. The van der Waals surface area contributed by atoms with Gasteiger partial charge in [-0.15, -0.1) is 12.4 Å². The molecule has 0 spiro atoms. The third-order valence-corrected chi connectivity index (χ3v) is 4.22. The molecule has 1 fully saturated rings. The number of halogens is 1. The maximum atomic E-state index is 12.3. The molecule has 0 aliphatic carbocycles. The predicted octanol–water partition coefficient (Wildman–Crippen LogP) is 3.00. The van der Waals surface area contributed by atoms with E-state index < -0.39 is 0 Å². The van der Waals surface area contributed by atoms with Crippen LogP contribution in [0.25, 0.3) is 0 Å². The number of carbonyl (C=O) groups excluding carboxylic acids is 1. The van der Waals surface area contributed by atoms with Crippen molar-refractivity contribution in [2.24, 2.45) is 0 Å². The molecule has 1 N–H and O–H groups in total. The van der Waals surface area contributed by atoms with Crippen molar-refractivity contribution in [3.05, 3.63) is 29.8 Å². The molecular weight excluding hydrogens is 312 g/mol. The molecule has 1 aliphatic heterocycles. The minimum Gasteiger partial charge on any atom is -0.484 e. The van der Waals surface area contributed by atoms with E-state index in [2.05, 4.69) is 38.2 Å². The Morgan fingerprint density at radius 3 is 2.52 bits per heavy atom. The topological polar surface area (TPSA) is 41.6 Å². The molecule has 1 aliphatic rings. The first-order valence-electron chi connectivity index (χ1n) is 8.09. The molecule has 1 amide bonds.